The van der Waals surface area contributed by atoms with Gasteiger partial charge in [-0.3, -0.25) is 9.59 Å². The Morgan fingerprint density at radius 2 is 2.00 bits per heavy atom. The van der Waals surface area contributed by atoms with Gasteiger partial charge in [-0.2, -0.15) is 0 Å². The third kappa shape index (κ3) is 2.88. The number of carbonyl (C=O) groups is 2. The molecule has 0 unspecified atom stereocenters. The quantitative estimate of drug-likeness (QED) is 0.615. The first-order valence-electron chi connectivity index (χ1n) is 10.4. The molecule has 0 aliphatic heterocycles. The number of phenolic OH excluding ortho intramolecular Hbond substituents is 1. The van der Waals surface area contributed by atoms with Gasteiger partial charge in [-0.05, 0) is 79.5 Å². The molecule has 2 fully saturated rings. The SMILES string of the molecule is CCC(=O)c1cc2c(cc1O)CC[C@@H]1[C@@H]2CC[C@]2(C)[C@@H](OC(C)=O)CC[C@@H]12. The highest BCUT2D eigenvalue weighted by Gasteiger charge is 2.56. The van der Waals surface area contributed by atoms with Crippen molar-refractivity contribution in [1.29, 1.82) is 0 Å². The summed E-state index contributed by atoms with van der Waals surface area (Å²) in [5.74, 6) is 1.56. The number of phenols is 1. The van der Waals surface area contributed by atoms with Crippen LogP contribution in [0.4, 0.5) is 0 Å². The second kappa shape index (κ2) is 6.65. The van der Waals surface area contributed by atoms with Crippen molar-refractivity contribution in [3.05, 3.63) is 28.8 Å². The number of fused-ring (bicyclic) bond motifs is 5. The summed E-state index contributed by atoms with van der Waals surface area (Å²) in [6, 6.07) is 3.81. The Balaban J connectivity index is 1.66. The molecule has 146 valence electrons. The molecule has 27 heavy (non-hydrogen) atoms. The topological polar surface area (TPSA) is 63.6 Å². The fourth-order valence-electron chi connectivity index (χ4n) is 6.37. The van der Waals surface area contributed by atoms with E-state index in [1.165, 1.54) is 18.1 Å². The third-order valence-electron chi connectivity index (χ3n) is 7.68. The smallest absolute Gasteiger partial charge is 0.302 e. The Morgan fingerprint density at radius 3 is 2.70 bits per heavy atom. The van der Waals surface area contributed by atoms with Crippen molar-refractivity contribution < 1.29 is 19.4 Å². The third-order valence-corrected chi connectivity index (χ3v) is 7.68. The standard InChI is InChI=1S/C23H30O4/c1-4-20(25)18-12-17-14(11-21(18)26)5-6-16-15(17)9-10-23(3)19(16)7-8-22(23)27-13(2)24/h11-12,15-16,19,22,26H,4-10H2,1-3H3/t15-,16+,19-,22-,23-/m0/s1. The van der Waals surface area contributed by atoms with E-state index in [1.807, 2.05) is 19.1 Å². The maximum Gasteiger partial charge on any atom is 0.302 e. The predicted octanol–water partition coefficient (Wildman–Crippen LogP) is 4.77. The Morgan fingerprint density at radius 1 is 1.22 bits per heavy atom. The van der Waals surface area contributed by atoms with E-state index in [2.05, 4.69) is 6.92 Å². The van der Waals surface area contributed by atoms with Crippen LogP contribution in [0.25, 0.3) is 0 Å². The molecular weight excluding hydrogens is 340 g/mol. The summed E-state index contributed by atoms with van der Waals surface area (Å²) in [6.45, 7) is 5.66. The van der Waals surface area contributed by atoms with Crippen molar-refractivity contribution in [2.24, 2.45) is 17.3 Å². The number of ketones is 1. The molecule has 0 bridgehead atoms. The number of esters is 1. The van der Waals surface area contributed by atoms with Crippen molar-refractivity contribution in [2.75, 3.05) is 0 Å². The van der Waals surface area contributed by atoms with Gasteiger partial charge in [-0.25, -0.2) is 0 Å². The van der Waals surface area contributed by atoms with Gasteiger partial charge < -0.3 is 9.84 Å². The summed E-state index contributed by atoms with van der Waals surface area (Å²) in [7, 11) is 0. The van der Waals surface area contributed by atoms with Crippen LogP contribution >= 0.6 is 0 Å². The highest BCUT2D eigenvalue weighted by atomic mass is 16.5. The molecular formula is C23H30O4. The molecule has 1 aromatic rings. The van der Waals surface area contributed by atoms with Gasteiger partial charge in [0.15, 0.2) is 5.78 Å². The van der Waals surface area contributed by atoms with Crippen molar-refractivity contribution in [1.82, 2.24) is 0 Å². The Labute approximate surface area is 161 Å². The lowest BCUT2D eigenvalue weighted by Crippen LogP contribution is -2.45. The molecule has 0 spiro atoms. The van der Waals surface area contributed by atoms with Crippen LogP contribution in [-0.2, 0) is 16.0 Å². The number of aryl methyl sites for hydroxylation is 1. The van der Waals surface area contributed by atoms with E-state index >= 15 is 0 Å². The highest BCUT2D eigenvalue weighted by Crippen LogP contribution is 2.61. The Hall–Kier alpha value is -1.84. The van der Waals surface area contributed by atoms with Crippen molar-refractivity contribution in [3.8, 4) is 5.75 Å². The summed E-state index contributed by atoms with van der Waals surface area (Å²) in [5.41, 5.74) is 3.04. The summed E-state index contributed by atoms with van der Waals surface area (Å²) in [4.78, 5) is 23.8. The van der Waals surface area contributed by atoms with Gasteiger partial charge in [0.25, 0.3) is 0 Å². The van der Waals surface area contributed by atoms with Gasteiger partial charge in [0.05, 0.1) is 5.56 Å². The first-order chi connectivity index (χ1) is 12.8. The number of Topliss-reactive ketones (excluding diaryl/α,β-unsaturated/α-hetero) is 1. The monoisotopic (exact) mass is 370 g/mol. The average molecular weight is 370 g/mol. The molecule has 0 saturated heterocycles. The number of ether oxygens (including phenoxy) is 1. The maximum absolute atomic E-state index is 12.3. The largest absolute Gasteiger partial charge is 0.507 e. The van der Waals surface area contributed by atoms with Crippen LogP contribution in [0.1, 0.15) is 86.7 Å². The van der Waals surface area contributed by atoms with E-state index < -0.39 is 0 Å². The summed E-state index contributed by atoms with van der Waals surface area (Å²) in [6.07, 6.45) is 6.71. The number of benzene rings is 1. The molecule has 1 N–H and O–H groups in total. The molecule has 3 aliphatic rings. The Bertz CT molecular complexity index is 783. The zero-order valence-corrected chi connectivity index (χ0v) is 16.6. The lowest BCUT2D eigenvalue weighted by atomic mass is 9.55. The normalized spacial score (nSPS) is 34.3. The number of hydrogen-bond donors (Lipinski definition) is 1. The second-order valence-electron chi connectivity index (χ2n) is 8.98. The molecule has 0 aromatic heterocycles. The highest BCUT2D eigenvalue weighted by molar-refractivity contribution is 5.98. The number of rotatable bonds is 3. The van der Waals surface area contributed by atoms with Gasteiger partial charge in [0.2, 0.25) is 0 Å². The van der Waals surface area contributed by atoms with Crippen LogP contribution in [0.2, 0.25) is 0 Å². The number of hydrogen-bond acceptors (Lipinski definition) is 4. The lowest BCUT2D eigenvalue weighted by Gasteiger charge is -2.50. The van der Waals surface area contributed by atoms with Crippen molar-refractivity contribution in [2.45, 2.75) is 77.7 Å². The average Bonchev–Trinajstić information content (AvgIpc) is 2.96. The van der Waals surface area contributed by atoms with Crippen LogP contribution in [-0.4, -0.2) is 23.0 Å². The fraction of sp³-hybridized carbons (Fsp3) is 0.652. The minimum Gasteiger partial charge on any atom is -0.507 e. The van der Waals surface area contributed by atoms with Gasteiger partial charge in [-0.15, -0.1) is 0 Å². The van der Waals surface area contributed by atoms with Gasteiger partial charge in [0.1, 0.15) is 11.9 Å². The second-order valence-corrected chi connectivity index (χ2v) is 8.98. The molecule has 0 heterocycles. The van der Waals surface area contributed by atoms with Crippen molar-refractivity contribution >= 4 is 11.8 Å². The van der Waals surface area contributed by atoms with Gasteiger partial charge >= 0.3 is 5.97 Å². The first-order valence-corrected chi connectivity index (χ1v) is 10.4. The number of carbonyl (C=O) groups excluding carboxylic acids is 2. The summed E-state index contributed by atoms with van der Waals surface area (Å²) in [5, 5.41) is 10.3. The molecule has 4 heteroatoms. The van der Waals surface area contributed by atoms with E-state index in [9.17, 15) is 14.7 Å². The first kappa shape index (κ1) is 18.5. The van der Waals surface area contributed by atoms with E-state index in [1.54, 1.807) is 0 Å². The van der Waals surface area contributed by atoms with Crippen LogP contribution in [0.5, 0.6) is 5.75 Å². The van der Waals surface area contributed by atoms with Crippen LogP contribution in [0.15, 0.2) is 12.1 Å². The van der Waals surface area contributed by atoms with Crippen molar-refractivity contribution in [3.63, 3.8) is 0 Å². The van der Waals surface area contributed by atoms with Crippen LogP contribution in [0.3, 0.4) is 0 Å². The zero-order chi connectivity index (χ0) is 19.3. The molecule has 3 aliphatic carbocycles. The lowest BCUT2D eigenvalue weighted by molar-refractivity contribution is -0.154. The summed E-state index contributed by atoms with van der Waals surface area (Å²) >= 11 is 0. The Kier molecular flexibility index (Phi) is 4.56. The molecule has 5 atom stereocenters. The fourth-order valence-corrected chi connectivity index (χ4v) is 6.37. The molecule has 0 amide bonds. The van der Waals surface area contributed by atoms with E-state index in [-0.39, 0.29) is 29.0 Å². The van der Waals surface area contributed by atoms with Gasteiger partial charge in [-0.1, -0.05) is 13.8 Å². The summed E-state index contributed by atoms with van der Waals surface area (Å²) < 4.78 is 5.70. The minimum atomic E-state index is -0.170. The number of aromatic hydroxyl groups is 1. The van der Waals surface area contributed by atoms with E-state index in [0.717, 1.165) is 38.5 Å². The minimum absolute atomic E-state index is 0.00820. The van der Waals surface area contributed by atoms with Crippen LogP contribution in [0, 0.1) is 17.3 Å². The van der Waals surface area contributed by atoms with E-state index in [0.29, 0.717) is 29.7 Å². The zero-order valence-electron chi connectivity index (χ0n) is 16.6. The molecule has 4 rings (SSSR count). The molecule has 4 nitrogen and oxygen atoms in total. The maximum atomic E-state index is 12.3. The molecule has 0 radical (unpaired) electrons. The van der Waals surface area contributed by atoms with Crippen LogP contribution < -0.4 is 0 Å². The van der Waals surface area contributed by atoms with E-state index in [4.69, 9.17) is 4.74 Å². The van der Waals surface area contributed by atoms with Gasteiger partial charge in [0, 0.05) is 18.8 Å². The molecule has 2 saturated carbocycles. The molecule has 1 aromatic carbocycles. The predicted molar refractivity (Wildman–Crippen MR) is 103 cm³/mol.